The van der Waals surface area contributed by atoms with Crippen LogP contribution in [0.4, 0.5) is 4.79 Å². The van der Waals surface area contributed by atoms with E-state index in [9.17, 15) is 9.59 Å². The van der Waals surface area contributed by atoms with E-state index in [4.69, 9.17) is 0 Å². The molecule has 0 amide bonds. The SMILES string of the molecule is COC(=O)[n+]1cccc(C=O)c1.[Cl-]. The largest absolute Gasteiger partial charge is 1.00 e. The van der Waals surface area contributed by atoms with Crippen molar-refractivity contribution in [1.29, 1.82) is 0 Å². The Morgan fingerprint density at radius 2 is 2.31 bits per heavy atom. The van der Waals surface area contributed by atoms with Gasteiger partial charge in [0.25, 0.3) is 0 Å². The summed E-state index contributed by atoms with van der Waals surface area (Å²) in [6.45, 7) is 0. The number of rotatable bonds is 1. The van der Waals surface area contributed by atoms with Crippen molar-refractivity contribution >= 4 is 12.4 Å². The van der Waals surface area contributed by atoms with Crippen LogP contribution in [0.5, 0.6) is 0 Å². The van der Waals surface area contributed by atoms with E-state index in [-0.39, 0.29) is 12.4 Å². The quantitative estimate of drug-likeness (QED) is 0.370. The van der Waals surface area contributed by atoms with Gasteiger partial charge in [0.15, 0.2) is 18.7 Å². The average molecular weight is 202 g/mol. The van der Waals surface area contributed by atoms with Gasteiger partial charge in [-0.15, -0.1) is 0 Å². The van der Waals surface area contributed by atoms with E-state index in [0.29, 0.717) is 11.8 Å². The van der Waals surface area contributed by atoms with E-state index >= 15 is 0 Å². The summed E-state index contributed by atoms with van der Waals surface area (Å²) in [5.41, 5.74) is 0.433. The van der Waals surface area contributed by atoms with Crippen LogP contribution < -0.4 is 17.0 Å². The Kier molecular flexibility index (Phi) is 4.69. The second-order valence-electron chi connectivity index (χ2n) is 2.13. The zero-order valence-corrected chi connectivity index (χ0v) is 7.69. The molecule has 0 aliphatic heterocycles. The lowest BCUT2D eigenvalue weighted by molar-refractivity contribution is -0.585. The molecule has 0 spiro atoms. The minimum atomic E-state index is -0.515. The predicted octanol–water partition coefficient (Wildman–Crippen LogP) is -2.59. The molecule has 70 valence electrons. The number of hydrogen-bond acceptors (Lipinski definition) is 3. The van der Waals surface area contributed by atoms with Crippen molar-refractivity contribution in [1.82, 2.24) is 0 Å². The molecule has 13 heavy (non-hydrogen) atoms. The van der Waals surface area contributed by atoms with Crippen molar-refractivity contribution in [3.05, 3.63) is 30.1 Å². The van der Waals surface area contributed by atoms with Gasteiger partial charge in [0, 0.05) is 6.07 Å². The van der Waals surface area contributed by atoms with Gasteiger partial charge in [-0.3, -0.25) is 4.79 Å². The summed E-state index contributed by atoms with van der Waals surface area (Å²) in [7, 11) is 1.28. The van der Waals surface area contributed by atoms with E-state index in [1.807, 2.05) is 0 Å². The van der Waals surface area contributed by atoms with Gasteiger partial charge in [-0.05, 0) is 6.07 Å². The summed E-state index contributed by atoms with van der Waals surface area (Å²) in [4.78, 5) is 21.2. The van der Waals surface area contributed by atoms with Crippen LogP contribution in [-0.4, -0.2) is 19.5 Å². The first-order valence-electron chi connectivity index (χ1n) is 3.32. The van der Waals surface area contributed by atoms with Crippen LogP contribution in [0.25, 0.3) is 0 Å². The Labute approximate surface area is 81.5 Å². The standard InChI is InChI=1S/C8H8NO3.ClH/c1-12-8(11)9-4-2-3-7(5-9)6-10;/h2-6H,1H3;1H/q+1;/p-1. The van der Waals surface area contributed by atoms with Crippen molar-refractivity contribution in [2.75, 3.05) is 7.11 Å². The van der Waals surface area contributed by atoms with Crippen LogP contribution in [0.2, 0.25) is 0 Å². The first-order chi connectivity index (χ1) is 5.77. The minimum Gasteiger partial charge on any atom is -1.00 e. The Hall–Kier alpha value is -1.42. The van der Waals surface area contributed by atoms with E-state index in [1.165, 1.54) is 24.1 Å². The normalized spacial score (nSPS) is 8.38. The van der Waals surface area contributed by atoms with E-state index < -0.39 is 6.09 Å². The summed E-state index contributed by atoms with van der Waals surface area (Å²) in [5.74, 6) is 0. The number of carbonyl (C=O) groups excluding carboxylic acids is 2. The first-order valence-corrected chi connectivity index (χ1v) is 3.32. The van der Waals surface area contributed by atoms with Crippen LogP contribution in [-0.2, 0) is 4.74 Å². The highest BCUT2D eigenvalue weighted by atomic mass is 35.5. The van der Waals surface area contributed by atoms with Crippen molar-refractivity contribution in [2.45, 2.75) is 0 Å². The van der Waals surface area contributed by atoms with Crippen LogP contribution in [0.3, 0.4) is 0 Å². The molecular weight excluding hydrogens is 194 g/mol. The van der Waals surface area contributed by atoms with Gasteiger partial charge in [0.05, 0.1) is 12.7 Å². The van der Waals surface area contributed by atoms with Gasteiger partial charge >= 0.3 is 6.09 Å². The van der Waals surface area contributed by atoms with Gasteiger partial charge < -0.3 is 17.1 Å². The highest BCUT2D eigenvalue weighted by molar-refractivity contribution is 5.73. The number of carbonyl (C=O) groups is 2. The molecule has 5 heteroatoms. The highest BCUT2D eigenvalue weighted by Crippen LogP contribution is 1.88. The Morgan fingerprint density at radius 3 is 2.85 bits per heavy atom. The fourth-order valence-electron chi connectivity index (χ4n) is 0.782. The predicted molar refractivity (Wildman–Crippen MR) is 39.8 cm³/mol. The van der Waals surface area contributed by atoms with Crippen molar-refractivity contribution in [2.24, 2.45) is 0 Å². The third-order valence-electron chi connectivity index (χ3n) is 1.35. The molecule has 4 nitrogen and oxygen atoms in total. The van der Waals surface area contributed by atoms with Crippen molar-refractivity contribution in [3.8, 4) is 0 Å². The fraction of sp³-hybridized carbons (Fsp3) is 0.125. The van der Waals surface area contributed by atoms with Crippen LogP contribution >= 0.6 is 0 Å². The summed E-state index contributed by atoms with van der Waals surface area (Å²) in [5, 5.41) is 0. The third kappa shape index (κ3) is 2.83. The second kappa shape index (κ2) is 5.27. The number of nitrogens with zero attached hydrogens (tertiary/aromatic N) is 1. The molecule has 1 heterocycles. The zero-order valence-electron chi connectivity index (χ0n) is 6.94. The molecule has 0 atom stereocenters. The van der Waals surface area contributed by atoms with Gasteiger partial charge in [0.1, 0.15) is 0 Å². The average Bonchev–Trinajstić information content (AvgIpc) is 2.17. The van der Waals surface area contributed by atoms with Gasteiger partial charge in [-0.1, -0.05) is 4.57 Å². The zero-order chi connectivity index (χ0) is 8.97. The monoisotopic (exact) mass is 201 g/mol. The number of pyridine rings is 1. The number of ether oxygens (including phenoxy) is 1. The highest BCUT2D eigenvalue weighted by Gasteiger charge is 2.13. The molecule has 1 aromatic rings. The lowest BCUT2D eigenvalue weighted by atomic mass is 10.3. The minimum absolute atomic E-state index is 0. The molecule has 0 saturated heterocycles. The van der Waals surface area contributed by atoms with Gasteiger partial charge in [0.2, 0.25) is 0 Å². The maximum Gasteiger partial charge on any atom is 0.601 e. The molecule has 0 aliphatic carbocycles. The topological polar surface area (TPSA) is 47.2 Å². The molecule has 0 aliphatic rings. The first kappa shape index (κ1) is 11.6. The molecule has 0 unspecified atom stereocenters. The van der Waals surface area contributed by atoms with E-state index in [0.717, 1.165) is 0 Å². The number of halogens is 1. The van der Waals surface area contributed by atoms with Crippen molar-refractivity contribution < 1.29 is 31.3 Å². The maximum atomic E-state index is 10.9. The molecule has 1 aromatic heterocycles. The number of aromatic nitrogens is 1. The van der Waals surface area contributed by atoms with Crippen molar-refractivity contribution in [3.63, 3.8) is 0 Å². The van der Waals surface area contributed by atoms with E-state index in [2.05, 4.69) is 4.74 Å². The van der Waals surface area contributed by atoms with Crippen LogP contribution in [0.15, 0.2) is 24.5 Å². The molecular formula is C8H8ClNO3. The summed E-state index contributed by atoms with van der Waals surface area (Å²) < 4.78 is 5.64. The van der Waals surface area contributed by atoms with Gasteiger partial charge in [-0.2, -0.15) is 4.79 Å². The summed E-state index contributed by atoms with van der Waals surface area (Å²) in [6, 6.07) is 3.20. The summed E-state index contributed by atoms with van der Waals surface area (Å²) in [6.07, 6.45) is 3.07. The number of methoxy groups -OCH3 is 1. The third-order valence-corrected chi connectivity index (χ3v) is 1.35. The fourth-order valence-corrected chi connectivity index (χ4v) is 0.782. The van der Waals surface area contributed by atoms with Crippen LogP contribution in [0.1, 0.15) is 10.4 Å². The summed E-state index contributed by atoms with van der Waals surface area (Å²) >= 11 is 0. The molecule has 1 rings (SSSR count). The van der Waals surface area contributed by atoms with Gasteiger partial charge in [-0.25, -0.2) is 0 Å². The molecule has 0 aromatic carbocycles. The molecule has 0 fully saturated rings. The molecule has 0 bridgehead atoms. The Morgan fingerprint density at radius 1 is 1.62 bits per heavy atom. The molecule has 0 radical (unpaired) electrons. The molecule has 0 N–H and O–H groups in total. The number of aldehydes is 1. The smallest absolute Gasteiger partial charge is 0.601 e. The molecule has 0 saturated carbocycles. The lowest BCUT2D eigenvalue weighted by Gasteiger charge is -1.91. The maximum absolute atomic E-state index is 10.9. The Balaban J connectivity index is 0.00000144. The Bertz CT molecular complexity index is 314. The second-order valence-corrected chi connectivity index (χ2v) is 2.13. The lowest BCUT2D eigenvalue weighted by Crippen LogP contribution is -3.00. The number of hydrogen-bond donors (Lipinski definition) is 0. The van der Waals surface area contributed by atoms with Crippen LogP contribution in [0, 0.1) is 0 Å². The van der Waals surface area contributed by atoms with E-state index in [1.54, 1.807) is 12.1 Å².